The van der Waals surface area contributed by atoms with E-state index in [1.54, 1.807) is 0 Å². The molecule has 12 nitrogen and oxygen atoms in total. The predicted molar refractivity (Wildman–Crippen MR) is 324 cm³/mol. The van der Waals surface area contributed by atoms with E-state index in [-0.39, 0.29) is 37.2 Å². The Hall–Kier alpha value is -3.78. The van der Waals surface area contributed by atoms with E-state index < -0.39 is 34.2 Å². The fraction of sp³-hybridized carbons (Fsp3) is 0.743. The van der Waals surface area contributed by atoms with E-state index in [1.807, 2.05) is 24.3 Å². The van der Waals surface area contributed by atoms with Crippen LogP contribution in [-0.4, -0.2) is 105 Å². The van der Waals surface area contributed by atoms with Gasteiger partial charge in [-0.1, -0.05) is 205 Å². The summed E-state index contributed by atoms with van der Waals surface area (Å²) < 4.78 is 25.1. The molecule has 10 rings (SSSR count). The van der Waals surface area contributed by atoms with Crippen molar-refractivity contribution in [3.8, 4) is 11.5 Å². The highest BCUT2D eigenvalue weighted by molar-refractivity contribution is 5.72. The van der Waals surface area contributed by atoms with Gasteiger partial charge in [-0.25, -0.2) is 0 Å². The lowest BCUT2D eigenvalue weighted by atomic mass is 9.50. The molecule has 4 aliphatic heterocycles. The Balaban J connectivity index is 0.000000198. The Morgan fingerprint density at radius 1 is 0.500 bits per heavy atom. The van der Waals surface area contributed by atoms with Crippen molar-refractivity contribution < 1.29 is 49.0 Å². The van der Waals surface area contributed by atoms with Crippen LogP contribution in [0.2, 0.25) is 0 Å². The summed E-state index contributed by atoms with van der Waals surface area (Å²) in [6.45, 7) is 5.99. The zero-order valence-corrected chi connectivity index (χ0v) is 51.2. The highest BCUT2D eigenvalue weighted by Crippen LogP contribution is 2.66. The third kappa shape index (κ3) is 12.7. The smallest absolute Gasteiger partial charge is 0.310 e. The summed E-state index contributed by atoms with van der Waals surface area (Å²) >= 11 is 0. The SMILES string of the molecule is CCCCCCCCCCCCCCCC(=O)OC1=CC[C@@]2(O)[C@H]3Cc4ccc(CO)c5c4[C@@]2(CCN3C)[C@H]1O5.CCCCCCCCCCCCCCCCCC(=O)OC1=CC[C@@]2(O)[C@H]3Cc4ccc(CO)c5c4[C@@]2(CCN3C)[C@H]1O5. The van der Waals surface area contributed by atoms with Crippen molar-refractivity contribution in [3.05, 3.63) is 81.3 Å². The van der Waals surface area contributed by atoms with Gasteiger partial charge in [-0.05, 0) is 89.0 Å². The quantitative estimate of drug-likeness (QED) is 0.0389. The fourth-order valence-electron chi connectivity index (χ4n) is 16.6. The molecule has 0 unspecified atom stereocenters. The monoisotopic (exact) mass is 1130 g/mol. The number of carbonyl (C=O) groups excluding carboxylic acids is 2. The van der Waals surface area contributed by atoms with Crippen LogP contribution in [0.3, 0.4) is 0 Å². The molecule has 2 aromatic rings. The predicted octanol–water partition coefficient (Wildman–Crippen LogP) is 13.7. The van der Waals surface area contributed by atoms with Gasteiger partial charge in [-0.2, -0.15) is 0 Å². The van der Waals surface area contributed by atoms with E-state index in [2.05, 4.69) is 49.9 Å². The van der Waals surface area contributed by atoms with Gasteiger partial charge in [0.15, 0.2) is 12.2 Å². The molecule has 0 radical (unpaired) electrons. The van der Waals surface area contributed by atoms with Crippen LogP contribution in [0.25, 0.3) is 0 Å². The van der Waals surface area contributed by atoms with Gasteiger partial charge in [-0.15, -0.1) is 0 Å². The fourth-order valence-corrected chi connectivity index (χ4v) is 16.6. The second-order valence-electron chi connectivity index (χ2n) is 26.4. The second-order valence-corrected chi connectivity index (χ2v) is 26.4. The van der Waals surface area contributed by atoms with E-state index in [1.165, 1.54) is 165 Å². The number of hydrogen-bond donors (Lipinski definition) is 4. The van der Waals surface area contributed by atoms with E-state index >= 15 is 0 Å². The van der Waals surface area contributed by atoms with E-state index in [9.17, 15) is 30.0 Å². The van der Waals surface area contributed by atoms with Gasteiger partial charge in [-0.3, -0.25) is 9.59 Å². The minimum Gasteiger partial charge on any atom is -0.481 e. The van der Waals surface area contributed by atoms with Crippen molar-refractivity contribution in [2.24, 2.45) is 0 Å². The number of carbonyl (C=O) groups is 2. The molecular weight excluding hydrogens is 1030 g/mol. The maximum atomic E-state index is 13.0. The molecule has 8 atom stereocenters. The lowest BCUT2D eigenvalue weighted by Crippen LogP contribution is -2.74. The van der Waals surface area contributed by atoms with Crippen LogP contribution in [0, 0.1) is 0 Å². The van der Waals surface area contributed by atoms with Crippen LogP contribution in [0.4, 0.5) is 0 Å². The van der Waals surface area contributed by atoms with Gasteiger partial charge in [0.25, 0.3) is 0 Å². The normalized spacial score (nSPS) is 27.8. The third-order valence-electron chi connectivity index (χ3n) is 21.2. The topological polar surface area (TPSA) is 158 Å². The number of esters is 2. The largest absolute Gasteiger partial charge is 0.481 e. The molecule has 4 heterocycles. The Morgan fingerprint density at radius 2 is 0.817 bits per heavy atom. The minimum atomic E-state index is -0.999. The Labute approximate surface area is 493 Å². The molecule has 2 aromatic carbocycles. The zero-order valence-electron chi connectivity index (χ0n) is 51.2. The van der Waals surface area contributed by atoms with Crippen molar-refractivity contribution in [2.75, 3.05) is 27.2 Å². The maximum absolute atomic E-state index is 13.0. The first kappa shape index (κ1) is 62.7. The molecule has 0 amide bonds. The van der Waals surface area contributed by atoms with Gasteiger partial charge in [0.05, 0.1) is 35.2 Å². The number of aliphatic hydroxyl groups excluding tert-OH is 2. The number of likely N-dealkylation sites (tertiary alicyclic amines) is 2. The van der Waals surface area contributed by atoms with E-state index in [0.29, 0.717) is 48.7 Å². The van der Waals surface area contributed by atoms with Crippen molar-refractivity contribution in [1.82, 2.24) is 9.80 Å². The summed E-state index contributed by atoms with van der Waals surface area (Å²) in [5, 5.41) is 44.7. The minimum absolute atomic E-state index is 0.0231. The number of likely N-dealkylation sites (N-methyl/N-ethyl adjacent to an activating group) is 2. The summed E-state index contributed by atoms with van der Waals surface area (Å²) in [6.07, 6.45) is 43.3. The molecule has 8 aliphatic rings. The average Bonchev–Trinajstić information content (AvgIpc) is 2.49. The summed E-state index contributed by atoms with van der Waals surface area (Å²) in [5.41, 5.74) is 2.59. The number of piperidine rings is 2. The number of aliphatic hydroxyl groups is 4. The molecule has 4 N–H and O–H groups in total. The zero-order chi connectivity index (χ0) is 57.7. The summed E-state index contributed by atoms with van der Waals surface area (Å²) in [5.74, 6) is 2.04. The second kappa shape index (κ2) is 29.1. The van der Waals surface area contributed by atoms with Crippen molar-refractivity contribution >= 4 is 11.9 Å². The third-order valence-corrected chi connectivity index (χ3v) is 21.2. The molecule has 4 aliphatic carbocycles. The summed E-state index contributed by atoms with van der Waals surface area (Å²) in [4.78, 5) is 30.4. The Morgan fingerprint density at radius 3 is 1.13 bits per heavy atom. The first-order valence-corrected chi connectivity index (χ1v) is 33.4. The van der Waals surface area contributed by atoms with Crippen LogP contribution < -0.4 is 9.47 Å². The number of unbranched alkanes of at least 4 members (excludes halogenated alkanes) is 26. The van der Waals surface area contributed by atoms with Crippen LogP contribution in [0.15, 0.2) is 47.9 Å². The number of nitrogens with zero attached hydrogens (tertiary/aromatic N) is 2. The van der Waals surface area contributed by atoms with Gasteiger partial charge in [0.1, 0.15) is 23.0 Å². The molecule has 0 saturated carbocycles. The molecule has 0 aromatic heterocycles. The summed E-state index contributed by atoms with van der Waals surface area (Å²) in [6, 6.07) is 8.00. The molecule has 2 fully saturated rings. The number of benzene rings is 2. The molecule has 12 heteroatoms. The van der Waals surface area contributed by atoms with E-state index in [0.717, 1.165) is 86.7 Å². The summed E-state index contributed by atoms with van der Waals surface area (Å²) in [7, 11) is 4.17. The van der Waals surface area contributed by atoms with Gasteiger partial charge in [0.2, 0.25) is 0 Å². The molecule has 456 valence electrons. The molecule has 2 saturated heterocycles. The van der Waals surface area contributed by atoms with Gasteiger partial charge < -0.3 is 49.2 Å². The first-order valence-electron chi connectivity index (χ1n) is 33.4. The van der Waals surface area contributed by atoms with Crippen LogP contribution >= 0.6 is 0 Å². The number of hydrogen-bond acceptors (Lipinski definition) is 12. The van der Waals surface area contributed by atoms with Crippen molar-refractivity contribution in [2.45, 2.75) is 305 Å². The molecular formula is C70H106N2O10. The highest BCUT2D eigenvalue weighted by atomic mass is 16.6. The molecule has 82 heavy (non-hydrogen) atoms. The first-order chi connectivity index (χ1) is 39.9. The highest BCUT2D eigenvalue weighted by Gasteiger charge is 2.73. The van der Waals surface area contributed by atoms with Crippen molar-refractivity contribution in [3.63, 3.8) is 0 Å². The lowest BCUT2D eigenvalue weighted by Gasteiger charge is -2.61. The average molecular weight is 1140 g/mol. The molecule has 2 spiro atoms. The Bertz CT molecular complexity index is 2510. The number of rotatable bonds is 34. The van der Waals surface area contributed by atoms with Gasteiger partial charge >= 0.3 is 11.9 Å². The molecule has 4 bridgehead atoms. The van der Waals surface area contributed by atoms with E-state index in [4.69, 9.17) is 18.9 Å². The van der Waals surface area contributed by atoms with Crippen LogP contribution in [0.1, 0.15) is 266 Å². The van der Waals surface area contributed by atoms with Crippen LogP contribution in [0.5, 0.6) is 11.5 Å². The maximum Gasteiger partial charge on any atom is 0.310 e. The van der Waals surface area contributed by atoms with Gasteiger partial charge in [0, 0.05) is 60.0 Å². The van der Waals surface area contributed by atoms with Crippen molar-refractivity contribution in [1.29, 1.82) is 0 Å². The number of ether oxygens (including phenoxy) is 4. The standard InChI is InChI=1S/C36H55NO5.C34H51NO5/c1-3-4-5-6-7-8-9-10-11-12-13-14-15-16-17-18-31(39)41-29-21-22-36(40)30-25-27-19-20-28(26-38)33-32(27)35(36,34(29)42-33)23-24-37(30)2;1-3-4-5-6-7-8-9-10-11-12-13-14-15-16-29(37)39-27-19-20-34(38)28-23-25-17-18-26(24-36)31-30(25)33(34,32(27)40-31)21-22-35(28)2/h19-21,30,34,38,40H,3-18,22-26H2,1-2H3;17-19,28,32,36,38H,3-16,20-24H2,1-2H3/t30-,34+,35+,36-;28-,32+,33+,34-/m11/s1. The lowest BCUT2D eigenvalue weighted by molar-refractivity contribution is -0.169. The Kier molecular flexibility index (Phi) is 22.2. The van der Waals surface area contributed by atoms with Crippen LogP contribution in [-0.2, 0) is 55.9 Å².